The van der Waals surface area contributed by atoms with E-state index in [1.54, 1.807) is 0 Å². The number of hydrogen-bond acceptors (Lipinski definition) is 2. The van der Waals surface area contributed by atoms with E-state index in [-0.39, 0.29) is 6.61 Å². The van der Waals surface area contributed by atoms with Crippen LogP contribution in [0.1, 0.15) is 22.3 Å². The van der Waals surface area contributed by atoms with Crippen molar-refractivity contribution in [2.75, 3.05) is 0 Å². The predicted octanol–water partition coefficient (Wildman–Crippen LogP) is 3.90. The van der Waals surface area contributed by atoms with Crippen LogP contribution in [-0.2, 0) is 6.61 Å². The van der Waals surface area contributed by atoms with Crippen molar-refractivity contribution >= 4 is 0 Å². The van der Waals surface area contributed by atoms with E-state index in [0.29, 0.717) is 5.75 Å². The topological polar surface area (TPSA) is 29.5 Å². The molecule has 18 heavy (non-hydrogen) atoms. The number of aliphatic hydroxyl groups excluding tert-OH is 1. The van der Waals surface area contributed by atoms with Crippen LogP contribution in [-0.4, -0.2) is 5.11 Å². The number of rotatable bonds is 3. The van der Waals surface area contributed by atoms with E-state index in [4.69, 9.17) is 4.74 Å². The minimum absolute atomic E-state index is 0.0139. The number of aryl methyl sites for hydroxylation is 2. The molecule has 2 heteroatoms. The van der Waals surface area contributed by atoms with Gasteiger partial charge in [0.05, 0.1) is 6.61 Å². The van der Waals surface area contributed by atoms with Crippen LogP contribution < -0.4 is 4.74 Å². The first-order valence-corrected chi connectivity index (χ1v) is 6.06. The second kappa shape index (κ2) is 5.23. The third kappa shape index (κ3) is 2.54. The molecule has 0 saturated carbocycles. The van der Waals surface area contributed by atoms with Crippen molar-refractivity contribution in [2.45, 2.75) is 27.4 Å². The lowest BCUT2D eigenvalue weighted by atomic mass is 10.1. The number of benzene rings is 2. The molecule has 0 radical (unpaired) electrons. The Morgan fingerprint density at radius 3 is 2.44 bits per heavy atom. The average molecular weight is 242 g/mol. The van der Waals surface area contributed by atoms with E-state index in [9.17, 15) is 5.11 Å². The van der Waals surface area contributed by atoms with E-state index in [0.717, 1.165) is 16.9 Å². The molecule has 0 fully saturated rings. The molecule has 1 N–H and O–H groups in total. The first kappa shape index (κ1) is 12.7. The Morgan fingerprint density at radius 2 is 1.72 bits per heavy atom. The fraction of sp³-hybridized carbons (Fsp3) is 0.250. The predicted molar refractivity (Wildman–Crippen MR) is 73.1 cm³/mol. The lowest BCUT2D eigenvalue weighted by molar-refractivity contribution is 0.276. The number of hydrogen-bond donors (Lipinski definition) is 1. The molecule has 0 aliphatic carbocycles. The number of ether oxygens (including phenoxy) is 1. The molecule has 0 heterocycles. The Kier molecular flexibility index (Phi) is 3.68. The van der Waals surface area contributed by atoms with E-state index in [1.807, 2.05) is 37.3 Å². The van der Waals surface area contributed by atoms with Crippen LogP contribution in [0.2, 0.25) is 0 Å². The Bertz CT molecular complexity index is 559. The molecule has 2 aromatic rings. The average Bonchev–Trinajstić information content (AvgIpc) is 2.36. The summed E-state index contributed by atoms with van der Waals surface area (Å²) in [6.45, 7) is 6.16. The molecule has 2 aromatic carbocycles. The van der Waals surface area contributed by atoms with Gasteiger partial charge in [0.2, 0.25) is 0 Å². The van der Waals surface area contributed by atoms with Gasteiger partial charge in [-0.05, 0) is 49.6 Å². The fourth-order valence-corrected chi connectivity index (χ4v) is 1.96. The highest BCUT2D eigenvalue weighted by molar-refractivity contribution is 5.45. The van der Waals surface area contributed by atoms with Gasteiger partial charge in [-0.1, -0.05) is 24.3 Å². The molecule has 0 aliphatic rings. The molecule has 0 saturated heterocycles. The van der Waals surface area contributed by atoms with Crippen molar-refractivity contribution < 1.29 is 9.84 Å². The van der Waals surface area contributed by atoms with Gasteiger partial charge in [0.25, 0.3) is 0 Å². The molecule has 0 bridgehead atoms. The van der Waals surface area contributed by atoms with Crippen LogP contribution in [0.15, 0.2) is 36.4 Å². The normalized spacial score (nSPS) is 10.4. The van der Waals surface area contributed by atoms with Gasteiger partial charge in [-0.2, -0.15) is 0 Å². The van der Waals surface area contributed by atoms with Gasteiger partial charge in [0.1, 0.15) is 11.5 Å². The lowest BCUT2D eigenvalue weighted by Gasteiger charge is -2.14. The summed E-state index contributed by atoms with van der Waals surface area (Å²) >= 11 is 0. The van der Waals surface area contributed by atoms with E-state index in [2.05, 4.69) is 19.9 Å². The monoisotopic (exact) mass is 242 g/mol. The summed E-state index contributed by atoms with van der Waals surface area (Å²) in [6.07, 6.45) is 0. The highest BCUT2D eigenvalue weighted by Gasteiger charge is 2.07. The summed E-state index contributed by atoms with van der Waals surface area (Å²) in [5.41, 5.74) is 4.32. The zero-order valence-corrected chi connectivity index (χ0v) is 11.0. The van der Waals surface area contributed by atoms with E-state index >= 15 is 0 Å². The molecule has 2 nitrogen and oxygen atoms in total. The second-order valence-corrected chi connectivity index (χ2v) is 4.57. The third-order valence-corrected chi connectivity index (χ3v) is 3.13. The lowest BCUT2D eigenvalue weighted by Crippen LogP contribution is -1.95. The van der Waals surface area contributed by atoms with Crippen molar-refractivity contribution in [3.05, 3.63) is 58.7 Å². The number of aliphatic hydroxyl groups is 1. The highest BCUT2D eigenvalue weighted by atomic mass is 16.5. The van der Waals surface area contributed by atoms with Crippen LogP contribution in [0.4, 0.5) is 0 Å². The van der Waals surface area contributed by atoms with Gasteiger partial charge in [-0.3, -0.25) is 0 Å². The van der Waals surface area contributed by atoms with Gasteiger partial charge in [0, 0.05) is 5.56 Å². The number of para-hydroxylation sites is 1. The Hall–Kier alpha value is -1.80. The quantitative estimate of drug-likeness (QED) is 0.884. The Labute approximate surface area is 108 Å². The van der Waals surface area contributed by atoms with Crippen LogP contribution in [0, 0.1) is 20.8 Å². The van der Waals surface area contributed by atoms with Crippen LogP contribution in [0.5, 0.6) is 11.5 Å². The van der Waals surface area contributed by atoms with Gasteiger partial charge in [0.15, 0.2) is 0 Å². The molecule has 0 amide bonds. The smallest absolute Gasteiger partial charge is 0.132 e. The molecule has 0 aliphatic heterocycles. The first-order chi connectivity index (χ1) is 8.61. The minimum atomic E-state index is -0.0139. The largest absolute Gasteiger partial charge is 0.457 e. The SMILES string of the molecule is Cc1cc(C)c(C)c(Oc2ccccc2CO)c1. The molecule has 94 valence electrons. The molecule has 0 spiro atoms. The molecular formula is C16H18O2. The zero-order valence-electron chi connectivity index (χ0n) is 11.0. The van der Waals surface area contributed by atoms with Gasteiger partial charge in [-0.25, -0.2) is 0 Å². The minimum Gasteiger partial charge on any atom is -0.457 e. The molecule has 0 aromatic heterocycles. The summed E-state index contributed by atoms with van der Waals surface area (Å²) in [5.74, 6) is 1.57. The van der Waals surface area contributed by atoms with Crippen molar-refractivity contribution in [1.82, 2.24) is 0 Å². The second-order valence-electron chi connectivity index (χ2n) is 4.57. The maximum Gasteiger partial charge on any atom is 0.132 e. The third-order valence-electron chi connectivity index (χ3n) is 3.13. The van der Waals surface area contributed by atoms with Crippen molar-refractivity contribution in [1.29, 1.82) is 0 Å². The maximum atomic E-state index is 9.29. The Morgan fingerprint density at radius 1 is 1.00 bits per heavy atom. The first-order valence-electron chi connectivity index (χ1n) is 6.06. The summed E-state index contributed by atoms with van der Waals surface area (Å²) in [6, 6.07) is 11.7. The highest BCUT2D eigenvalue weighted by Crippen LogP contribution is 2.30. The van der Waals surface area contributed by atoms with Gasteiger partial charge < -0.3 is 9.84 Å². The molecular weight excluding hydrogens is 224 g/mol. The van der Waals surface area contributed by atoms with Crippen LogP contribution >= 0.6 is 0 Å². The summed E-state index contributed by atoms with van der Waals surface area (Å²) in [5, 5.41) is 9.29. The maximum absolute atomic E-state index is 9.29. The van der Waals surface area contributed by atoms with Crippen LogP contribution in [0.25, 0.3) is 0 Å². The van der Waals surface area contributed by atoms with E-state index in [1.165, 1.54) is 11.1 Å². The van der Waals surface area contributed by atoms with Gasteiger partial charge in [-0.15, -0.1) is 0 Å². The molecule has 2 rings (SSSR count). The molecule has 0 unspecified atom stereocenters. The zero-order chi connectivity index (χ0) is 13.1. The Balaban J connectivity index is 2.40. The van der Waals surface area contributed by atoms with Crippen LogP contribution in [0.3, 0.4) is 0 Å². The van der Waals surface area contributed by atoms with Crippen molar-refractivity contribution in [3.63, 3.8) is 0 Å². The van der Waals surface area contributed by atoms with Crippen molar-refractivity contribution in [2.24, 2.45) is 0 Å². The van der Waals surface area contributed by atoms with Gasteiger partial charge >= 0.3 is 0 Å². The standard InChI is InChI=1S/C16H18O2/c1-11-8-12(2)13(3)16(9-11)18-15-7-5-4-6-14(15)10-17/h4-9,17H,10H2,1-3H3. The van der Waals surface area contributed by atoms with Crippen molar-refractivity contribution in [3.8, 4) is 11.5 Å². The van der Waals surface area contributed by atoms with E-state index < -0.39 is 0 Å². The summed E-state index contributed by atoms with van der Waals surface area (Å²) < 4.78 is 5.93. The summed E-state index contributed by atoms with van der Waals surface area (Å²) in [7, 11) is 0. The summed E-state index contributed by atoms with van der Waals surface area (Å²) in [4.78, 5) is 0. The fourth-order valence-electron chi connectivity index (χ4n) is 1.96. The molecule has 0 atom stereocenters.